The molecule has 0 aromatic heterocycles. The molecule has 0 fully saturated rings. The summed E-state index contributed by atoms with van der Waals surface area (Å²) in [5.41, 5.74) is 1.38. The number of carbonyl (C=O) groups is 3. The smallest absolute Gasteiger partial charge is 0.221 e. The molecule has 0 spiro atoms. The van der Waals surface area contributed by atoms with Crippen molar-refractivity contribution in [2.45, 2.75) is 20.8 Å². The molecule has 0 aliphatic carbocycles. The highest BCUT2D eigenvalue weighted by Gasteiger charge is 2.17. The third kappa shape index (κ3) is 6.63. The Hall–Kier alpha value is -4.24. The number of benzene rings is 3. The van der Waals surface area contributed by atoms with Crippen LogP contribution < -0.4 is 25.4 Å². The minimum absolute atomic E-state index is 0.0134. The Morgan fingerprint density at radius 1 is 0.676 bits per heavy atom. The molecule has 34 heavy (non-hydrogen) atoms. The van der Waals surface area contributed by atoms with Crippen LogP contribution in [0.25, 0.3) is 0 Å². The molecule has 0 aliphatic rings. The lowest BCUT2D eigenvalue weighted by atomic mass is 10.2. The lowest BCUT2D eigenvalue weighted by Gasteiger charge is -2.16. The Kier molecular flexibility index (Phi) is 7.60. The Morgan fingerprint density at radius 3 is 1.74 bits per heavy atom. The number of halogens is 1. The third-order valence-electron chi connectivity index (χ3n) is 4.24. The average molecular weight is 484 g/mol. The Bertz CT molecular complexity index is 1240. The summed E-state index contributed by atoms with van der Waals surface area (Å²) < 4.78 is 11.6. The van der Waals surface area contributed by atoms with Gasteiger partial charge in [-0.05, 0) is 42.5 Å². The zero-order chi connectivity index (χ0) is 24.8. The van der Waals surface area contributed by atoms with Crippen molar-refractivity contribution in [1.82, 2.24) is 0 Å². The van der Waals surface area contributed by atoms with Crippen molar-refractivity contribution >= 4 is 46.4 Å². The van der Waals surface area contributed by atoms with Crippen molar-refractivity contribution in [2.75, 3.05) is 16.0 Å². The van der Waals surface area contributed by atoms with Crippen molar-refractivity contribution in [3.8, 4) is 28.7 Å². The number of ether oxygens (including phenoxy) is 2. The van der Waals surface area contributed by atoms with Gasteiger partial charge in [0.25, 0.3) is 0 Å². The fraction of sp³-hybridized carbons (Fsp3) is 0.125. The first kappa shape index (κ1) is 24.4. The van der Waals surface area contributed by atoms with E-state index in [9.17, 15) is 19.5 Å². The van der Waals surface area contributed by atoms with E-state index >= 15 is 0 Å². The highest BCUT2D eigenvalue weighted by molar-refractivity contribution is 6.32. The van der Waals surface area contributed by atoms with E-state index in [1.165, 1.54) is 45.0 Å². The van der Waals surface area contributed by atoms with E-state index in [1.54, 1.807) is 30.3 Å². The Morgan fingerprint density at radius 2 is 1.18 bits per heavy atom. The molecule has 0 saturated heterocycles. The van der Waals surface area contributed by atoms with Crippen LogP contribution in [0.1, 0.15) is 20.8 Å². The number of phenols is 1. The summed E-state index contributed by atoms with van der Waals surface area (Å²) in [6, 6.07) is 14.0. The molecule has 0 aliphatic heterocycles. The molecule has 0 radical (unpaired) electrons. The zero-order valence-corrected chi connectivity index (χ0v) is 19.3. The molecule has 0 atom stereocenters. The summed E-state index contributed by atoms with van der Waals surface area (Å²) >= 11 is 6.27. The highest BCUT2D eigenvalue weighted by Crippen LogP contribution is 2.44. The number of phenolic OH excluding ortho intramolecular Hbond substituents is 1. The largest absolute Gasteiger partial charge is 0.502 e. The molecule has 176 valence electrons. The van der Waals surface area contributed by atoms with E-state index < -0.39 is 0 Å². The van der Waals surface area contributed by atoms with Gasteiger partial charge >= 0.3 is 0 Å². The topological polar surface area (TPSA) is 126 Å². The summed E-state index contributed by atoms with van der Waals surface area (Å²) in [7, 11) is 0. The number of hydrogen-bond acceptors (Lipinski definition) is 6. The van der Waals surface area contributed by atoms with Gasteiger partial charge in [-0.25, -0.2) is 0 Å². The van der Waals surface area contributed by atoms with Crippen LogP contribution in [0.5, 0.6) is 28.7 Å². The van der Waals surface area contributed by atoms with E-state index in [0.717, 1.165) is 0 Å². The average Bonchev–Trinajstić information content (AvgIpc) is 2.73. The summed E-state index contributed by atoms with van der Waals surface area (Å²) in [5.74, 6) is -0.561. The quantitative estimate of drug-likeness (QED) is 0.328. The summed E-state index contributed by atoms with van der Waals surface area (Å²) in [6.45, 7) is 4.11. The molecule has 3 aromatic carbocycles. The standard InChI is InChI=1S/C24H22ClN3O6/c1-13(29)26-16-4-7-19(8-5-16)33-22-11-18(28-15(3)31)12-23(24(22)32)34-21-9-6-17(10-20(21)25)27-14(2)30/h4-12,32H,1-3H3,(H,26,29)(H,27,30)(H,28,31). The molecule has 0 saturated carbocycles. The SMILES string of the molecule is CC(=O)Nc1ccc(Oc2cc(NC(C)=O)cc(Oc3ccc(NC(C)=O)cc3Cl)c2O)cc1. The van der Waals surface area contributed by atoms with Gasteiger partial charge in [0.15, 0.2) is 11.5 Å². The first-order valence-corrected chi connectivity index (χ1v) is 10.4. The Labute approximate surface area is 200 Å². The molecule has 0 unspecified atom stereocenters. The van der Waals surface area contributed by atoms with Crippen LogP contribution in [0.15, 0.2) is 54.6 Å². The maximum atomic E-state index is 11.6. The fourth-order valence-corrected chi connectivity index (χ4v) is 3.15. The van der Waals surface area contributed by atoms with E-state index in [2.05, 4.69) is 16.0 Å². The van der Waals surface area contributed by atoms with Crippen molar-refractivity contribution in [2.24, 2.45) is 0 Å². The second-order valence-electron chi connectivity index (χ2n) is 7.24. The predicted molar refractivity (Wildman–Crippen MR) is 129 cm³/mol. The highest BCUT2D eigenvalue weighted by atomic mass is 35.5. The molecule has 0 bridgehead atoms. The Balaban J connectivity index is 1.92. The minimum atomic E-state index is -0.333. The van der Waals surface area contributed by atoms with Gasteiger partial charge in [0.05, 0.1) is 5.02 Å². The zero-order valence-electron chi connectivity index (χ0n) is 18.6. The number of hydrogen-bond donors (Lipinski definition) is 4. The number of anilines is 3. The molecule has 10 heteroatoms. The van der Waals surface area contributed by atoms with E-state index in [1.807, 2.05) is 0 Å². The normalized spacial score (nSPS) is 10.2. The molecule has 0 heterocycles. The van der Waals surface area contributed by atoms with E-state index in [0.29, 0.717) is 22.8 Å². The number of carbonyl (C=O) groups excluding carboxylic acids is 3. The van der Waals surface area contributed by atoms with Crippen LogP contribution in [-0.2, 0) is 14.4 Å². The fourth-order valence-electron chi connectivity index (χ4n) is 2.93. The first-order chi connectivity index (χ1) is 16.1. The van der Waals surface area contributed by atoms with Gasteiger partial charge in [-0.3, -0.25) is 14.4 Å². The second kappa shape index (κ2) is 10.6. The van der Waals surface area contributed by atoms with Crippen LogP contribution in [0, 0.1) is 0 Å². The maximum absolute atomic E-state index is 11.6. The minimum Gasteiger partial charge on any atom is -0.502 e. The monoisotopic (exact) mass is 483 g/mol. The van der Waals surface area contributed by atoms with Crippen molar-refractivity contribution in [3.63, 3.8) is 0 Å². The second-order valence-corrected chi connectivity index (χ2v) is 7.65. The van der Waals surface area contributed by atoms with Gasteiger partial charge in [0.1, 0.15) is 11.5 Å². The number of amides is 3. The molecule has 4 N–H and O–H groups in total. The van der Waals surface area contributed by atoms with Crippen molar-refractivity contribution in [3.05, 3.63) is 59.6 Å². The van der Waals surface area contributed by atoms with E-state index in [4.69, 9.17) is 21.1 Å². The third-order valence-corrected chi connectivity index (χ3v) is 4.53. The lowest BCUT2D eigenvalue weighted by Crippen LogP contribution is -2.06. The van der Waals surface area contributed by atoms with Gasteiger partial charge in [-0.2, -0.15) is 0 Å². The van der Waals surface area contributed by atoms with Crippen LogP contribution in [0.3, 0.4) is 0 Å². The van der Waals surface area contributed by atoms with Crippen LogP contribution >= 0.6 is 11.6 Å². The molecule has 3 rings (SSSR count). The van der Waals surface area contributed by atoms with Crippen molar-refractivity contribution in [1.29, 1.82) is 0 Å². The molecule has 3 amide bonds. The predicted octanol–water partition coefficient (Wildman–Crippen LogP) is 5.51. The maximum Gasteiger partial charge on any atom is 0.221 e. The number of nitrogens with one attached hydrogen (secondary N) is 3. The van der Waals surface area contributed by atoms with Gasteiger partial charge in [-0.15, -0.1) is 0 Å². The van der Waals surface area contributed by atoms with Crippen LogP contribution in [0.2, 0.25) is 5.02 Å². The lowest BCUT2D eigenvalue weighted by molar-refractivity contribution is -0.115. The van der Waals surface area contributed by atoms with Gasteiger partial charge in [0, 0.05) is 50.0 Å². The molecular weight excluding hydrogens is 462 g/mol. The number of rotatable bonds is 7. The molecular formula is C24H22ClN3O6. The van der Waals surface area contributed by atoms with Crippen LogP contribution in [0.4, 0.5) is 17.1 Å². The van der Waals surface area contributed by atoms with Gasteiger partial charge in [0.2, 0.25) is 23.5 Å². The summed E-state index contributed by atoms with van der Waals surface area (Å²) in [4.78, 5) is 34.0. The van der Waals surface area contributed by atoms with Gasteiger partial charge in [-0.1, -0.05) is 11.6 Å². The first-order valence-electron chi connectivity index (χ1n) is 10.1. The van der Waals surface area contributed by atoms with Crippen molar-refractivity contribution < 1.29 is 29.0 Å². The van der Waals surface area contributed by atoms with Gasteiger partial charge < -0.3 is 30.5 Å². The summed E-state index contributed by atoms with van der Waals surface area (Å²) in [6.07, 6.45) is 0. The molecule has 9 nitrogen and oxygen atoms in total. The number of aromatic hydroxyl groups is 1. The molecule has 3 aromatic rings. The van der Waals surface area contributed by atoms with Crippen LogP contribution in [-0.4, -0.2) is 22.8 Å². The van der Waals surface area contributed by atoms with E-state index in [-0.39, 0.29) is 45.7 Å². The summed E-state index contributed by atoms with van der Waals surface area (Å²) in [5, 5.41) is 18.9.